The number of carbonyl (C=O) groups excluding carboxylic acids is 1. The van der Waals surface area contributed by atoms with Crippen molar-refractivity contribution < 1.29 is 34.7 Å². The van der Waals surface area contributed by atoms with Gasteiger partial charge < -0.3 is 25.5 Å². The third-order valence-electron chi connectivity index (χ3n) is 11.2. The Morgan fingerprint density at radius 3 is 2.60 bits per heavy atom. The van der Waals surface area contributed by atoms with E-state index >= 15 is 0 Å². The van der Waals surface area contributed by atoms with Crippen molar-refractivity contribution in [3.8, 4) is 0 Å². The van der Waals surface area contributed by atoms with E-state index < -0.39 is 41.2 Å². The number of carbonyl (C=O) groups is 2. The van der Waals surface area contributed by atoms with Crippen LogP contribution in [0.3, 0.4) is 0 Å². The van der Waals surface area contributed by atoms with Gasteiger partial charge in [-0.15, -0.1) is 0 Å². The molecular formula is C31H41N3O8. The Hall–Kier alpha value is -3.31. The van der Waals surface area contributed by atoms with Crippen molar-refractivity contribution in [1.82, 2.24) is 5.32 Å². The van der Waals surface area contributed by atoms with E-state index in [0.29, 0.717) is 24.2 Å². The number of non-ortho nitro benzene ring substituents is 1. The van der Waals surface area contributed by atoms with Gasteiger partial charge in [0, 0.05) is 12.1 Å². The normalized spacial score (nSPS) is 36.1. The summed E-state index contributed by atoms with van der Waals surface area (Å²) in [4.78, 5) is 39.9. The Kier molecular flexibility index (Phi) is 7.95. The lowest BCUT2D eigenvalue weighted by Gasteiger charge is -2.59. The first-order chi connectivity index (χ1) is 19.8. The SMILES string of the molecule is C[C@]12CC/C(=N/OCC(=O)N[C@H](C(=O)O)[C@H](O)c3cccc([N+](=O)[O-])c3)C=C1CC[C@@H]1[C@@H]2CC[C@@]2(C)[C@H]1CC[C@]2(C)O. The average Bonchev–Trinajstić information content (AvgIpc) is 3.19. The molecule has 4 aliphatic carbocycles. The number of nitro groups is 1. The largest absolute Gasteiger partial charge is 0.480 e. The fourth-order valence-electron chi connectivity index (χ4n) is 8.57. The molecule has 1 aromatic rings. The number of aliphatic hydroxyl groups excluding tert-OH is 1. The molecule has 0 heterocycles. The summed E-state index contributed by atoms with van der Waals surface area (Å²) in [6, 6.07) is 3.24. The van der Waals surface area contributed by atoms with Gasteiger partial charge in [0.05, 0.1) is 16.2 Å². The number of carboxylic acids is 1. The van der Waals surface area contributed by atoms with Gasteiger partial charge in [0.2, 0.25) is 0 Å². The van der Waals surface area contributed by atoms with E-state index in [-0.39, 0.29) is 22.1 Å². The molecule has 3 saturated carbocycles. The monoisotopic (exact) mass is 583 g/mol. The number of nitrogens with one attached hydrogen (secondary N) is 1. The fourth-order valence-corrected chi connectivity index (χ4v) is 8.57. The smallest absolute Gasteiger partial charge is 0.329 e. The second-order valence-electron chi connectivity index (χ2n) is 13.3. The molecule has 0 radical (unpaired) electrons. The van der Waals surface area contributed by atoms with Crippen molar-refractivity contribution in [2.75, 3.05) is 6.61 Å². The molecular weight excluding hydrogens is 542 g/mol. The number of amides is 1. The highest BCUT2D eigenvalue weighted by Gasteiger charge is 2.62. The summed E-state index contributed by atoms with van der Waals surface area (Å²) in [6.07, 6.45) is 8.22. The van der Waals surface area contributed by atoms with Gasteiger partial charge in [-0.25, -0.2) is 4.79 Å². The third kappa shape index (κ3) is 5.21. The van der Waals surface area contributed by atoms with Crippen molar-refractivity contribution in [2.45, 2.75) is 89.9 Å². The predicted molar refractivity (Wildman–Crippen MR) is 153 cm³/mol. The van der Waals surface area contributed by atoms with Crippen LogP contribution < -0.4 is 5.32 Å². The molecule has 11 heteroatoms. The van der Waals surface area contributed by atoms with Crippen LogP contribution in [-0.4, -0.2) is 56.1 Å². The van der Waals surface area contributed by atoms with Crippen LogP contribution in [0.4, 0.5) is 5.69 Å². The first-order valence-corrected chi connectivity index (χ1v) is 14.8. The van der Waals surface area contributed by atoms with Gasteiger partial charge in [-0.3, -0.25) is 14.9 Å². The Morgan fingerprint density at radius 2 is 1.88 bits per heavy atom. The second kappa shape index (κ2) is 11.1. The quantitative estimate of drug-likeness (QED) is 0.259. The zero-order chi connectivity index (χ0) is 30.4. The van der Waals surface area contributed by atoms with Crippen LogP contribution in [-0.2, 0) is 14.4 Å². The first kappa shape index (κ1) is 30.2. The van der Waals surface area contributed by atoms with E-state index in [1.807, 2.05) is 6.92 Å². The lowest BCUT2D eigenvalue weighted by molar-refractivity contribution is -0.385. The molecule has 0 bridgehead atoms. The van der Waals surface area contributed by atoms with E-state index in [1.165, 1.54) is 23.8 Å². The number of fused-ring (bicyclic) bond motifs is 5. The summed E-state index contributed by atoms with van der Waals surface area (Å²) < 4.78 is 0. The van der Waals surface area contributed by atoms with Crippen molar-refractivity contribution >= 4 is 23.3 Å². The lowest BCUT2D eigenvalue weighted by Crippen LogP contribution is -2.53. The number of carboxylic acid groups (broad SMARTS) is 1. The molecule has 0 aliphatic heterocycles. The van der Waals surface area contributed by atoms with Crippen LogP contribution >= 0.6 is 0 Å². The van der Waals surface area contributed by atoms with E-state index in [1.54, 1.807) is 0 Å². The Morgan fingerprint density at radius 1 is 1.14 bits per heavy atom. The predicted octanol–water partition coefficient (Wildman–Crippen LogP) is 4.28. The number of hydrogen-bond acceptors (Lipinski definition) is 8. The van der Waals surface area contributed by atoms with Gasteiger partial charge in [-0.05, 0) is 98.5 Å². The second-order valence-corrected chi connectivity index (χ2v) is 13.3. The summed E-state index contributed by atoms with van der Waals surface area (Å²) in [7, 11) is 0. The van der Waals surface area contributed by atoms with Crippen LogP contribution in [0, 0.1) is 38.7 Å². The number of benzene rings is 1. The zero-order valence-corrected chi connectivity index (χ0v) is 24.4. The van der Waals surface area contributed by atoms with Crippen molar-refractivity contribution in [3.05, 3.63) is 51.6 Å². The Balaban J connectivity index is 1.20. The van der Waals surface area contributed by atoms with Crippen molar-refractivity contribution in [2.24, 2.45) is 33.7 Å². The molecule has 42 heavy (non-hydrogen) atoms. The molecule has 4 N–H and O–H groups in total. The molecule has 8 atom stereocenters. The number of rotatable bonds is 8. The highest BCUT2D eigenvalue weighted by atomic mass is 16.6. The van der Waals surface area contributed by atoms with E-state index in [2.05, 4.69) is 30.4 Å². The molecule has 0 unspecified atom stereocenters. The maximum Gasteiger partial charge on any atom is 0.329 e. The molecule has 3 fully saturated rings. The highest BCUT2D eigenvalue weighted by Crippen LogP contribution is 2.67. The minimum Gasteiger partial charge on any atom is -0.480 e. The number of hydrogen-bond donors (Lipinski definition) is 4. The molecule has 228 valence electrons. The molecule has 5 rings (SSSR count). The number of oxime groups is 1. The number of allylic oxidation sites excluding steroid dienone is 2. The molecule has 1 amide bonds. The van der Waals surface area contributed by atoms with Gasteiger partial charge in [-0.2, -0.15) is 0 Å². The lowest BCUT2D eigenvalue weighted by atomic mass is 9.46. The van der Waals surface area contributed by atoms with Gasteiger partial charge in [0.1, 0.15) is 6.10 Å². The highest BCUT2D eigenvalue weighted by molar-refractivity contribution is 5.96. The van der Waals surface area contributed by atoms with E-state index in [0.717, 1.165) is 56.7 Å². The molecule has 1 aromatic carbocycles. The van der Waals surface area contributed by atoms with Crippen molar-refractivity contribution in [1.29, 1.82) is 0 Å². The van der Waals surface area contributed by atoms with E-state index in [4.69, 9.17) is 4.84 Å². The summed E-state index contributed by atoms with van der Waals surface area (Å²) in [5, 5.41) is 48.7. The standard InChI is InChI=1S/C31H41N3O8/c1-29-12-9-20(16-19(29)7-8-22-23(29)10-13-30(2)24(22)11-14-31(30,3)39)33-42-17-25(35)32-26(28(37)38)27(36)18-5-4-6-21(15-18)34(40)41/h4-6,15-16,22-24,26-27,36,39H,7-14,17H2,1-3H3,(H,32,35)(H,37,38)/b33-20-/t22-,23+,24+,26+,27-,29+,30+,31+/m1/s1. The van der Waals surface area contributed by atoms with Gasteiger partial charge >= 0.3 is 5.97 Å². The van der Waals surface area contributed by atoms with E-state index in [9.17, 15) is 35.0 Å². The molecule has 4 aliphatic rings. The maximum absolute atomic E-state index is 12.5. The van der Waals surface area contributed by atoms with Gasteiger partial charge in [0.25, 0.3) is 11.6 Å². The van der Waals surface area contributed by atoms with Crippen LogP contribution in [0.2, 0.25) is 0 Å². The maximum atomic E-state index is 12.5. The average molecular weight is 584 g/mol. The van der Waals surface area contributed by atoms with Gasteiger partial charge in [0.15, 0.2) is 12.6 Å². The summed E-state index contributed by atoms with van der Waals surface area (Å²) >= 11 is 0. The van der Waals surface area contributed by atoms with Crippen molar-refractivity contribution in [3.63, 3.8) is 0 Å². The third-order valence-corrected chi connectivity index (χ3v) is 11.2. The van der Waals surface area contributed by atoms with Crippen LogP contribution in [0.5, 0.6) is 0 Å². The summed E-state index contributed by atoms with van der Waals surface area (Å²) in [6.45, 7) is 6.14. The number of nitrogens with zero attached hydrogens (tertiary/aromatic N) is 2. The minimum absolute atomic E-state index is 0.00874. The topological polar surface area (TPSA) is 172 Å². The van der Waals surface area contributed by atoms with Crippen LogP contribution in [0.15, 0.2) is 41.1 Å². The fraction of sp³-hybridized carbons (Fsp3) is 0.645. The first-order valence-electron chi connectivity index (χ1n) is 14.8. The summed E-state index contributed by atoms with van der Waals surface area (Å²) in [5.41, 5.74) is 1.25. The van der Waals surface area contributed by atoms with Crippen LogP contribution in [0.25, 0.3) is 0 Å². The molecule has 0 saturated heterocycles. The Bertz CT molecular complexity index is 1320. The molecule has 0 spiro atoms. The number of nitro benzene ring substituents is 1. The number of aliphatic hydroxyl groups is 2. The van der Waals surface area contributed by atoms with Crippen LogP contribution in [0.1, 0.15) is 83.8 Å². The Labute approximate surface area is 245 Å². The minimum atomic E-state index is -1.73. The number of aliphatic carboxylic acids is 1. The summed E-state index contributed by atoms with van der Waals surface area (Å²) in [5.74, 6) is -0.555. The molecule has 0 aromatic heterocycles. The molecule has 11 nitrogen and oxygen atoms in total. The zero-order valence-electron chi connectivity index (χ0n) is 24.4. The van der Waals surface area contributed by atoms with Gasteiger partial charge in [-0.1, -0.05) is 36.7 Å².